The summed E-state index contributed by atoms with van der Waals surface area (Å²) in [6, 6.07) is 8.68. The predicted octanol–water partition coefficient (Wildman–Crippen LogP) is 1.99. The Labute approximate surface area is 161 Å². The average molecular weight is 389 g/mol. The quantitative estimate of drug-likeness (QED) is 0.646. The Morgan fingerprint density at radius 2 is 2.04 bits per heavy atom. The fourth-order valence-electron chi connectivity index (χ4n) is 2.71. The molecule has 0 fully saturated rings. The van der Waals surface area contributed by atoms with Crippen LogP contribution in [0, 0.1) is 6.92 Å². The van der Waals surface area contributed by atoms with Crippen LogP contribution in [0.4, 0.5) is 0 Å². The van der Waals surface area contributed by atoms with Crippen LogP contribution in [0.5, 0.6) is 0 Å². The number of carbonyl (C=O) groups excluding carboxylic acids is 1. The first kappa shape index (κ1) is 18.9. The number of nitrogens with one attached hydrogen (secondary N) is 2. The molecule has 3 rings (SSSR count). The lowest BCUT2D eigenvalue weighted by Crippen LogP contribution is -2.33. The summed E-state index contributed by atoms with van der Waals surface area (Å²) in [6.45, 7) is 4.09. The van der Waals surface area contributed by atoms with Crippen LogP contribution in [-0.2, 0) is 24.3 Å². The Bertz CT molecular complexity index is 986. The molecule has 3 aromatic rings. The van der Waals surface area contributed by atoms with Crippen molar-refractivity contribution in [1.29, 1.82) is 0 Å². The van der Waals surface area contributed by atoms with Crippen LogP contribution >= 0.6 is 11.6 Å². The van der Waals surface area contributed by atoms with E-state index in [-0.39, 0.29) is 18.1 Å². The van der Waals surface area contributed by atoms with Gasteiger partial charge in [-0.3, -0.25) is 14.5 Å². The summed E-state index contributed by atoms with van der Waals surface area (Å²) in [6.07, 6.45) is 1.41. The van der Waals surface area contributed by atoms with Gasteiger partial charge in [0.25, 0.3) is 0 Å². The van der Waals surface area contributed by atoms with E-state index in [0.29, 0.717) is 29.5 Å². The molecule has 0 unspecified atom stereocenters. The van der Waals surface area contributed by atoms with Crippen molar-refractivity contribution in [3.8, 4) is 5.69 Å². The lowest BCUT2D eigenvalue weighted by molar-refractivity contribution is -0.121. The molecule has 2 aromatic heterocycles. The van der Waals surface area contributed by atoms with E-state index in [1.807, 2.05) is 19.9 Å². The minimum absolute atomic E-state index is 0.0921. The average Bonchev–Trinajstić information content (AvgIpc) is 3.19. The van der Waals surface area contributed by atoms with Gasteiger partial charge >= 0.3 is 5.69 Å². The van der Waals surface area contributed by atoms with Gasteiger partial charge in [0, 0.05) is 17.1 Å². The van der Waals surface area contributed by atoms with Gasteiger partial charge in [-0.15, -0.1) is 5.10 Å². The number of benzene rings is 1. The van der Waals surface area contributed by atoms with Crippen molar-refractivity contribution in [2.45, 2.75) is 39.8 Å². The molecule has 1 amide bonds. The number of aromatic nitrogens is 5. The molecule has 0 aliphatic carbocycles. The maximum absolute atomic E-state index is 12.8. The number of hydrogen-bond acceptors (Lipinski definition) is 4. The second-order valence-corrected chi connectivity index (χ2v) is 6.68. The zero-order valence-corrected chi connectivity index (χ0v) is 16.0. The molecule has 0 atom stereocenters. The van der Waals surface area contributed by atoms with Gasteiger partial charge in [0.1, 0.15) is 12.4 Å². The van der Waals surface area contributed by atoms with E-state index < -0.39 is 0 Å². The van der Waals surface area contributed by atoms with Gasteiger partial charge in [-0.2, -0.15) is 9.78 Å². The number of aryl methyl sites for hydroxylation is 2. The predicted molar refractivity (Wildman–Crippen MR) is 102 cm³/mol. The highest BCUT2D eigenvalue weighted by Crippen LogP contribution is 2.12. The normalized spacial score (nSPS) is 10.9. The first-order chi connectivity index (χ1) is 13.0. The molecule has 2 N–H and O–H groups in total. The Morgan fingerprint density at radius 1 is 1.30 bits per heavy atom. The molecule has 0 aliphatic rings. The van der Waals surface area contributed by atoms with E-state index in [9.17, 15) is 9.59 Å². The minimum Gasteiger partial charge on any atom is -0.349 e. The largest absolute Gasteiger partial charge is 0.351 e. The van der Waals surface area contributed by atoms with E-state index in [1.54, 1.807) is 24.3 Å². The highest BCUT2D eigenvalue weighted by molar-refractivity contribution is 6.30. The second-order valence-electron chi connectivity index (χ2n) is 6.24. The van der Waals surface area contributed by atoms with Crippen molar-refractivity contribution in [2.24, 2.45) is 0 Å². The fourth-order valence-corrected chi connectivity index (χ4v) is 2.83. The maximum Gasteiger partial charge on any atom is 0.351 e. The molecule has 0 bridgehead atoms. The first-order valence-corrected chi connectivity index (χ1v) is 9.08. The summed E-state index contributed by atoms with van der Waals surface area (Å²) >= 11 is 5.91. The summed E-state index contributed by atoms with van der Waals surface area (Å²) in [5.74, 6) is 0.300. The molecule has 2 heterocycles. The standard InChI is InChI=1S/C18H21ClN6O2/c1-3-4-16-23-25(15-7-5-13(19)6-8-15)18(27)24(16)11-17(26)20-10-14-9-12(2)21-22-14/h5-9H,3-4,10-11H2,1-2H3,(H,20,26)(H,21,22). The molecule has 0 saturated carbocycles. The van der Waals surface area contributed by atoms with Crippen molar-refractivity contribution >= 4 is 17.5 Å². The van der Waals surface area contributed by atoms with Gasteiger partial charge in [-0.1, -0.05) is 18.5 Å². The molecule has 8 nitrogen and oxygen atoms in total. The first-order valence-electron chi connectivity index (χ1n) is 8.70. The van der Waals surface area contributed by atoms with Crippen LogP contribution in [0.1, 0.15) is 30.6 Å². The Kier molecular flexibility index (Phi) is 5.75. The van der Waals surface area contributed by atoms with E-state index in [2.05, 4.69) is 20.6 Å². The van der Waals surface area contributed by atoms with Crippen LogP contribution < -0.4 is 11.0 Å². The van der Waals surface area contributed by atoms with E-state index >= 15 is 0 Å². The molecular formula is C18H21ClN6O2. The third-order valence-corrected chi connectivity index (χ3v) is 4.26. The van der Waals surface area contributed by atoms with Gasteiger partial charge in [0.15, 0.2) is 0 Å². The number of amides is 1. The van der Waals surface area contributed by atoms with Crippen molar-refractivity contribution in [2.75, 3.05) is 0 Å². The molecule has 0 saturated heterocycles. The van der Waals surface area contributed by atoms with Gasteiger partial charge in [-0.05, 0) is 43.7 Å². The summed E-state index contributed by atoms with van der Waals surface area (Å²) in [7, 11) is 0. The SMILES string of the molecule is CCCc1nn(-c2ccc(Cl)cc2)c(=O)n1CC(=O)NCc1cc(C)[nH]n1. The van der Waals surface area contributed by atoms with Crippen LogP contribution in [0.3, 0.4) is 0 Å². The number of nitrogens with zero attached hydrogens (tertiary/aromatic N) is 4. The van der Waals surface area contributed by atoms with Crippen molar-refractivity contribution in [3.05, 3.63) is 63.1 Å². The van der Waals surface area contributed by atoms with Crippen LogP contribution in [0.25, 0.3) is 5.69 Å². The van der Waals surface area contributed by atoms with E-state index in [0.717, 1.165) is 17.8 Å². The topological polar surface area (TPSA) is 97.6 Å². The molecule has 0 radical (unpaired) electrons. The Hall–Kier alpha value is -2.87. The number of rotatable bonds is 7. The molecule has 9 heteroatoms. The van der Waals surface area contributed by atoms with Crippen LogP contribution in [-0.4, -0.2) is 30.5 Å². The van der Waals surface area contributed by atoms with Crippen LogP contribution in [0.2, 0.25) is 5.02 Å². The third kappa shape index (κ3) is 4.46. The Balaban J connectivity index is 1.79. The summed E-state index contributed by atoms with van der Waals surface area (Å²) in [5.41, 5.74) is 1.91. The second kappa shape index (κ2) is 8.22. The Morgan fingerprint density at radius 3 is 2.67 bits per heavy atom. The molecule has 142 valence electrons. The summed E-state index contributed by atoms with van der Waals surface area (Å²) in [4.78, 5) is 25.1. The number of hydrogen-bond donors (Lipinski definition) is 2. The lowest BCUT2D eigenvalue weighted by Gasteiger charge is -2.05. The van der Waals surface area contributed by atoms with Crippen molar-refractivity contribution < 1.29 is 4.79 Å². The molecule has 1 aromatic carbocycles. The number of carbonyl (C=O) groups is 1. The summed E-state index contributed by atoms with van der Waals surface area (Å²) in [5, 5.41) is 14.7. The fraction of sp³-hybridized carbons (Fsp3) is 0.333. The van der Waals surface area contributed by atoms with E-state index in [4.69, 9.17) is 11.6 Å². The van der Waals surface area contributed by atoms with E-state index in [1.165, 1.54) is 9.25 Å². The van der Waals surface area contributed by atoms with Gasteiger partial charge in [0.05, 0.1) is 17.9 Å². The monoisotopic (exact) mass is 388 g/mol. The lowest BCUT2D eigenvalue weighted by atomic mass is 10.3. The molecule has 0 spiro atoms. The highest BCUT2D eigenvalue weighted by Gasteiger charge is 2.16. The zero-order valence-electron chi connectivity index (χ0n) is 15.2. The van der Waals surface area contributed by atoms with Crippen molar-refractivity contribution in [3.63, 3.8) is 0 Å². The van der Waals surface area contributed by atoms with Crippen molar-refractivity contribution in [1.82, 2.24) is 29.9 Å². The summed E-state index contributed by atoms with van der Waals surface area (Å²) < 4.78 is 2.70. The molecule has 27 heavy (non-hydrogen) atoms. The molecule has 0 aliphatic heterocycles. The van der Waals surface area contributed by atoms with Crippen LogP contribution in [0.15, 0.2) is 35.1 Å². The zero-order chi connectivity index (χ0) is 19.4. The smallest absolute Gasteiger partial charge is 0.349 e. The maximum atomic E-state index is 12.8. The minimum atomic E-state index is -0.355. The van der Waals surface area contributed by atoms with Gasteiger partial charge in [0.2, 0.25) is 5.91 Å². The third-order valence-electron chi connectivity index (χ3n) is 4.01. The number of aromatic amines is 1. The number of halogens is 1. The highest BCUT2D eigenvalue weighted by atomic mass is 35.5. The van der Waals surface area contributed by atoms with Gasteiger partial charge < -0.3 is 5.32 Å². The molecular weight excluding hydrogens is 368 g/mol. The number of H-pyrrole nitrogens is 1. The van der Waals surface area contributed by atoms with Gasteiger partial charge in [-0.25, -0.2) is 4.79 Å².